The third kappa shape index (κ3) is 3.49. The van der Waals surface area contributed by atoms with Crippen LogP contribution in [0.3, 0.4) is 0 Å². The van der Waals surface area contributed by atoms with Crippen LogP contribution >= 0.6 is 10.7 Å². The Hall–Kier alpha value is -1.05. The van der Waals surface area contributed by atoms with Crippen molar-refractivity contribution in [1.82, 2.24) is 5.32 Å². The van der Waals surface area contributed by atoms with Gasteiger partial charge in [0.1, 0.15) is 10.7 Å². The molecular weight excluding hydrogens is 294 g/mol. The van der Waals surface area contributed by atoms with Gasteiger partial charge in [0.25, 0.3) is 15.0 Å². The van der Waals surface area contributed by atoms with Crippen LogP contribution in [0.15, 0.2) is 15.4 Å². The standard InChI is InChI=1S/C11H14ClNO5S/c1-7-10(19(12,15)16)5-9(18-7)11(14)13-6-8-3-2-4-17-8/h5,8H,2-4,6H2,1H3,(H,13,14). The summed E-state index contributed by atoms with van der Waals surface area (Å²) < 4.78 is 32.9. The molecule has 1 amide bonds. The Balaban J connectivity index is 2.03. The smallest absolute Gasteiger partial charge is 0.287 e. The van der Waals surface area contributed by atoms with Gasteiger partial charge in [0, 0.05) is 29.9 Å². The summed E-state index contributed by atoms with van der Waals surface area (Å²) in [5.41, 5.74) is 0. The predicted molar refractivity (Wildman–Crippen MR) is 67.8 cm³/mol. The molecule has 1 aromatic rings. The predicted octanol–water partition coefficient (Wildman–Crippen LogP) is 1.42. The maximum atomic E-state index is 11.8. The van der Waals surface area contributed by atoms with Crippen LogP contribution in [0.25, 0.3) is 0 Å². The second-order valence-corrected chi connectivity index (χ2v) is 6.85. The molecule has 0 aliphatic carbocycles. The third-order valence-corrected chi connectivity index (χ3v) is 4.30. The lowest BCUT2D eigenvalue weighted by atomic mass is 10.2. The highest BCUT2D eigenvalue weighted by Crippen LogP contribution is 2.23. The molecule has 1 aliphatic rings. The van der Waals surface area contributed by atoms with Gasteiger partial charge in [-0.05, 0) is 19.8 Å². The van der Waals surface area contributed by atoms with Gasteiger partial charge in [-0.15, -0.1) is 0 Å². The fourth-order valence-electron chi connectivity index (χ4n) is 1.92. The van der Waals surface area contributed by atoms with E-state index < -0.39 is 15.0 Å². The molecule has 1 N–H and O–H groups in total. The van der Waals surface area contributed by atoms with Crippen molar-refractivity contribution in [3.63, 3.8) is 0 Å². The van der Waals surface area contributed by atoms with Crippen molar-refractivity contribution < 1.29 is 22.4 Å². The summed E-state index contributed by atoms with van der Waals surface area (Å²) in [7, 11) is 1.32. The fourth-order valence-corrected chi connectivity index (χ4v) is 3.01. The summed E-state index contributed by atoms with van der Waals surface area (Å²) in [6.07, 6.45) is 1.89. The van der Waals surface area contributed by atoms with E-state index >= 15 is 0 Å². The molecule has 1 fully saturated rings. The second kappa shape index (κ2) is 5.52. The number of nitrogens with one attached hydrogen (secondary N) is 1. The van der Waals surface area contributed by atoms with Gasteiger partial charge in [-0.3, -0.25) is 4.79 Å². The van der Waals surface area contributed by atoms with Crippen molar-refractivity contribution in [2.24, 2.45) is 0 Å². The van der Waals surface area contributed by atoms with E-state index in [0.717, 1.165) is 18.9 Å². The highest BCUT2D eigenvalue weighted by Gasteiger charge is 2.23. The topological polar surface area (TPSA) is 85.6 Å². The Morgan fingerprint density at radius 3 is 2.84 bits per heavy atom. The number of halogens is 1. The van der Waals surface area contributed by atoms with Gasteiger partial charge in [0.2, 0.25) is 0 Å². The maximum Gasteiger partial charge on any atom is 0.287 e. The highest BCUT2D eigenvalue weighted by molar-refractivity contribution is 8.13. The molecule has 1 aliphatic heterocycles. The monoisotopic (exact) mass is 307 g/mol. The van der Waals surface area contributed by atoms with Crippen molar-refractivity contribution in [2.75, 3.05) is 13.2 Å². The van der Waals surface area contributed by atoms with E-state index in [2.05, 4.69) is 5.32 Å². The number of aryl methyl sites for hydroxylation is 1. The van der Waals surface area contributed by atoms with Gasteiger partial charge in [0.05, 0.1) is 6.10 Å². The zero-order valence-corrected chi connectivity index (χ0v) is 11.9. The van der Waals surface area contributed by atoms with E-state index in [4.69, 9.17) is 19.8 Å². The molecule has 0 aromatic carbocycles. The molecule has 19 heavy (non-hydrogen) atoms. The lowest BCUT2D eigenvalue weighted by molar-refractivity contribution is 0.0834. The maximum absolute atomic E-state index is 11.8. The van der Waals surface area contributed by atoms with E-state index in [0.29, 0.717) is 13.2 Å². The molecule has 1 saturated heterocycles. The summed E-state index contributed by atoms with van der Waals surface area (Å²) in [6.45, 7) is 2.52. The number of amides is 1. The molecule has 6 nitrogen and oxygen atoms in total. The summed E-state index contributed by atoms with van der Waals surface area (Å²) in [5, 5.41) is 2.64. The number of furan rings is 1. The quantitative estimate of drug-likeness (QED) is 0.850. The van der Waals surface area contributed by atoms with Gasteiger partial charge in [-0.25, -0.2) is 8.42 Å². The Morgan fingerprint density at radius 2 is 2.32 bits per heavy atom. The molecule has 1 aromatic heterocycles. The normalized spacial score (nSPS) is 19.6. The van der Waals surface area contributed by atoms with E-state index in [1.165, 1.54) is 6.92 Å². The number of carbonyl (C=O) groups is 1. The zero-order chi connectivity index (χ0) is 14.0. The Kier molecular flexibility index (Phi) is 4.17. The van der Waals surface area contributed by atoms with Crippen molar-refractivity contribution >= 4 is 25.6 Å². The Morgan fingerprint density at radius 1 is 1.58 bits per heavy atom. The van der Waals surface area contributed by atoms with Gasteiger partial charge in [-0.2, -0.15) is 0 Å². The van der Waals surface area contributed by atoms with Gasteiger partial charge in [0.15, 0.2) is 5.76 Å². The summed E-state index contributed by atoms with van der Waals surface area (Å²) >= 11 is 0. The first-order valence-corrected chi connectivity index (χ1v) is 8.14. The van der Waals surface area contributed by atoms with Crippen LogP contribution in [0.4, 0.5) is 0 Å². The van der Waals surface area contributed by atoms with Crippen LogP contribution in [0.1, 0.15) is 29.2 Å². The summed E-state index contributed by atoms with van der Waals surface area (Å²) in [5.74, 6) is -0.461. The highest BCUT2D eigenvalue weighted by atomic mass is 35.7. The lowest BCUT2D eigenvalue weighted by Crippen LogP contribution is -2.31. The van der Waals surface area contributed by atoms with Crippen molar-refractivity contribution in [2.45, 2.75) is 30.8 Å². The molecule has 106 valence electrons. The molecular formula is C11H14ClNO5S. The molecule has 0 bridgehead atoms. The zero-order valence-electron chi connectivity index (χ0n) is 10.3. The largest absolute Gasteiger partial charge is 0.455 e. The average molecular weight is 308 g/mol. The van der Waals surface area contributed by atoms with E-state index in [9.17, 15) is 13.2 Å². The number of hydrogen-bond acceptors (Lipinski definition) is 5. The van der Waals surface area contributed by atoms with E-state index in [1.807, 2.05) is 0 Å². The van der Waals surface area contributed by atoms with Gasteiger partial charge < -0.3 is 14.5 Å². The van der Waals surface area contributed by atoms with Crippen LogP contribution in [0.2, 0.25) is 0 Å². The molecule has 0 saturated carbocycles. The van der Waals surface area contributed by atoms with E-state index in [-0.39, 0.29) is 22.5 Å². The number of ether oxygens (including phenoxy) is 1. The molecule has 2 rings (SSSR count). The van der Waals surface area contributed by atoms with Crippen molar-refractivity contribution in [3.8, 4) is 0 Å². The molecule has 1 atom stereocenters. The SMILES string of the molecule is Cc1oc(C(=O)NCC2CCCO2)cc1S(=O)(=O)Cl. The lowest BCUT2D eigenvalue weighted by Gasteiger charge is -2.09. The number of rotatable bonds is 4. The Bertz CT molecular complexity index is 574. The van der Waals surface area contributed by atoms with Crippen molar-refractivity contribution in [1.29, 1.82) is 0 Å². The molecule has 1 unspecified atom stereocenters. The van der Waals surface area contributed by atoms with Crippen LogP contribution in [-0.4, -0.2) is 33.6 Å². The van der Waals surface area contributed by atoms with E-state index in [1.54, 1.807) is 0 Å². The fraction of sp³-hybridized carbons (Fsp3) is 0.545. The van der Waals surface area contributed by atoms with Crippen LogP contribution in [-0.2, 0) is 13.8 Å². The molecule has 0 radical (unpaired) electrons. The van der Waals surface area contributed by atoms with Crippen LogP contribution in [0, 0.1) is 6.92 Å². The minimum atomic E-state index is -3.90. The second-order valence-electron chi connectivity index (χ2n) is 4.31. The Labute approximate surface area is 115 Å². The first-order chi connectivity index (χ1) is 8.88. The summed E-state index contributed by atoms with van der Waals surface area (Å²) in [6, 6.07) is 1.13. The average Bonchev–Trinajstić information content (AvgIpc) is 2.93. The minimum absolute atomic E-state index is 0.0104. The van der Waals surface area contributed by atoms with Gasteiger partial charge in [-0.1, -0.05) is 0 Å². The first-order valence-electron chi connectivity index (χ1n) is 5.83. The number of hydrogen-bond donors (Lipinski definition) is 1. The molecule has 2 heterocycles. The third-order valence-electron chi connectivity index (χ3n) is 2.87. The van der Waals surface area contributed by atoms with Crippen LogP contribution in [0.5, 0.6) is 0 Å². The first kappa shape index (κ1) is 14.4. The summed E-state index contributed by atoms with van der Waals surface area (Å²) in [4.78, 5) is 11.6. The molecule has 0 spiro atoms. The molecule has 8 heteroatoms. The minimum Gasteiger partial charge on any atom is -0.455 e. The number of carbonyl (C=O) groups excluding carboxylic acids is 1. The van der Waals surface area contributed by atoms with Crippen LogP contribution < -0.4 is 5.32 Å². The van der Waals surface area contributed by atoms with Crippen molar-refractivity contribution in [3.05, 3.63) is 17.6 Å². The van der Waals surface area contributed by atoms with Gasteiger partial charge >= 0.3 is 0 Å².